The third-order valence-electron chi connectivity index (χ3n) is 4.64. The molecule has 0 saturated carbocycles. The molecule has 2 heterocycles. The summed E-state index contributed by atoms with van der Waals surface area (Å²) in [7, 11) is 4.57. The maximum absolute atomic E-state index is 13.1. The van der Waals surface area contributed by atoms with Gasteiger partial charge in [-0.3, -0.25) is 0 Å². The molecule has 0 fully saturated rings. The van der Waals surface area contributed by atoms with Crippen LogP contribution in [0.4, 0.5) is 0 Å². The normalized spacial score (nSPS) is 10.9. The highest BCUT2D eigenvalue weighted by molar-refractivity contribution is 7.19. The number of fused-ring (bicyclic) bond motifs is 1. The van der Waals surface area contributed by atoms with E-state index in [0.29, 0.717) is 45.9 Å². The molecule has 0 aliphatic heterocycles. The number of benzene rings is 2. The van der Waals surface area contributed by atoms with Crippen LogP contribution in [0.3, 0.4) is 0 Å². The monoisotopic (exact) mass is 456 g/mol. The van der Waals surface area contributed by atoms with Gasteiger partial charge in [-0.1, -0.05) is 11.3 Å². The van der Waals surface area contributed by atoms with E-state index in [1.807, 2.05) is 6.92 Å². The smallest absolute Gasteiger partial charge is 0.360 e. The Labute approximate surface area is 186 Å². The molecule has 0 aliphatic carbocycles. The summed E-state index contributed by atoms with van der Waals surface area (Å²) in [6.07, 6.45) is 0. The van der Waals surface area contributed by atoms with Crippen LogP contribution in [0.25, 0.3) is 21.2 Å². The van der Waals surface area contributed by atoms with E-state index in [-0.39, 0.29) is 4.96 Å². The van der Waals surface area contributed by atoms with Gasteiger partial charge < -0.3 is 18.9 Å². The summed E-state index contributed by atoms with van der Waals surface area (Å²) in [6.45, 7) is 2.29. The summed E-state index contributed by atoms with van der Waals surface area (Å²) in [5.41, 5.74) is -0.336. The lowest BCUT2D eigenvalue weighted by Gasteiger charge is -2.14. The van der Waals surface area contributed by atoms with Crippen molar-refractivity contribution in [3.63, 3.8) is 0 Å². The summed E-state index contributed by atoms with van der Waals surface area (Å²) >= 11 is 1.10. The second kappa shape index (κ2) is 8.71. The minimum Gasteiger partial charge on any atom is -0.497 e. The van der Waals surface area contributed by atoms with Gasteiger partial charge in [0.05, 0.1) is 33.6 Å². The molecular formula is C21H20N4O6S. The van der Waals surface area contributed by atoms with Crippen LogP contribution in [-0.2, 0) is 0 Å². The highest BCUT2D eigenvalue weighted by atomic mass is 32.1. The fourth-order valence-corrected chi connectivity index (χ4v) is 4.01. The summed E-state index contributed by atoms with van der Waals surface area (Å²) in [6, 6.07) is 9.97. The Balaban J connectivity index is 1.87. The van der Waals surface area contributed by atoms with E-state index < -0.39 is 11.4 Å². The quantitative estimate of drug-likeness (QED) is 0.417. The SMILES string of the molecule is CCOc1c(OC)cc(-c2nn3c(=O)n(-c4ccc(OC)cc4)c(=O)nc3s2)cc1OC. The van der Waals surface area contributed by atoms with Gasteiger partial charge in [0.1, 0.15) is 10.8 Å². The lowest BCUT2D eigenvalue weighted by molar-refractivity contribution is 0.288. The molecule has 32 heavy (non-hydrogen) atoms. The zero-order chi connectivity index (χ0) is 22.8. The molecule has 0 unspecified atom stereocenters. The second-order valence-corrected chi connectivity index (χ2v) is 7.41. The highest BCUT2D eigenvalue weighted by Gasteiger charge is 2.19. The predicted octanol–water partition coefficient (Wildman–Crippen LogP) is 2.39. The molecule has 2 aromatic carbocycles. The Morgan fingerprint density at radius 2 is 1.62 bits per heavy atom. The van der Waals surface area contributed by atoms with Crippen LogP contribution in [-0.4, -0.2) is 47.1 Å². The van der Waals surface area contributed by atoms with Gasteiger partial charge >= 0.3 is 11.4 Å². The van der Waals surface area contributed by atoms with Crippen LogP contribution < -0.4 is 30.3 Å². The van der Waals surface area contributed by atoms with Crippen molar-refractivity contribution < 1.29 is 18.9 Å². The van der Waals surface area contributed by atoms with Crippen molar-refractivity contribution in [2.75, 3.05) is 27.9 Å². The van der Waals surface area contributed by atoms with E-state index in [1.54, 1.807) is 36.4 Å². The number of methoxy groups -OCH3 is 3. The lowest BCUT2D eigenvalue weighted by atomic mass is 10.2. The molecule has 0 saturated heterocycles. The molecule has 0 aliphatic rings. The molecule has 0 radical (unpaired) electrons. The predicted molar refractivity (Wildman–Crippen MR) is 119 cm³/mol. The van der Waals surface area contributed by atoms with Crippen molar-refractivity contribution in [2.24, 2.45) is 0 Å². The standard InChI is InChI=1S/C21H20N4O6S/c1-5-31-17-15(29-3)10-12(11-16(17)30-4)18-23-25-20(32-18)22-19(26)24(21(25)27)13-6-8-14(28-2)9-7-13/h6-11H,5H2,1-4H3. The molecule has 0 spiro atoms. The Morgan fingerprint density at radius 3 is 2.19 bits per heavy atom. The molecule has 0 amide bonds. The lowest BCUT2D eigenvalue weighted by Crippen LogP contribution is -2.37. The van der Waals surface area contributed by atoms with Gasteiger partial charge in [-0.05, 0) is 43.3 Å². The Morgan fingerprint density at radius 1 is 0.969 bits per heavy atom. The van der Waals surface area contributed by atoms with E-state index in [4.69, 9.17) is 18.9 Å². The van der Waals surface area contributed by atoms with Crippen LogP contribution >= 0.6 is 11.3 Å². The average Bonchev–Trinajstić information content (AvgIpc) is 3.24. The molecule has 10 nitrogen and oxygen atoms in total. The highest BCUT2D eigenvalue weighted by Crippen LogP contribution is 2.42. The van der Waals surface area contributed by atoms with Crippen molar-refractivity contribution in [1.29, 1.82) is 0 Å². The number of hydrogen-bond acceptors (Lipinski definition) is 9. The van der Waals surface area contributed by atoms with Gasteiger partial charge in [-0.2, -0.15) is 9.50 Å². The van der Waals surface area contributed by atoms with Crippen LogP contribution in [0.15, 0.2) is 46.0 Å². The fraction of sp³-hybridized carbons (Fsp3) is 0.238. The van der Waals surface area contributed by atoms with E-state index in [1.165, 1.54) is 21.3 Å². The maximum atomic E-state index is 13.1. The van der Waals surface area contributed by atoms with Crippen molar-refractivity contribution in [3.8, 4) is 39.3 Å². The van der Waals surface area contributed by atoms with E-state index >= 15 is 0 Å². The first-order valence-electron chi connectivity index (χ1n) is 9.57. The van der Waals surface area contributed by atoms with Crippen molar-refractivity contribution in [2.45, 2.75) is 6.92 Å². The second-order valence-electron chi connectivity index (χ2n) is 6.45. The zero-order valence-electron chi connectivity index (χ0n) is 17.8. The number of aromatic nitrogens is 4. The van der Waals surface area contributed by atoms with Crippen molar-refractivity contribution in [1.82, 2.24) is 19.2 Å². The Hall–Kier alpha value is -3.86. The van der Waals surface area contributed by atoms with Crippen molar-refractivity contribution in [3.05, 3.63) is 57.4 Å². The topological polar surface area (TPSA) is 106 Å². The maximum Gasteiger partial charge on any atom is 0.360 e. The summed E-state index contributed by atoms with van der Waals surface area (Å²) in [5.74, 6) is 1.99. The van der Waals surface area contributed by atoms with Gasteiger partial charge in [0.15, 0.2) is 11.5 Å². The van der Waals surface area contributed by atoms with Crippen LogP contribution in [0.2, 0.25) is 0 Å². The van der Waals surface area contributed by atoms with Gasteiger partial charge in [0.25, 0.3) is 0 Å². The molecule has 0 N–H and O–H groups in total. The first-order valence-corrected chi connectivity index (χ1v) is 10.4. The number of nitrogens with zero attached hydrogens (tertiary/aromatic N) is 4. The number of rotatable bonds is 7. The van der Waals surface area contributed by atoms with Gasteiger partial charge in [0.2, 0.25) is 10.7 Å². The molecule has 166 valence electrons. The van der Waals surface area contributed by atoms with E-state index in [0.717, 1.165) is 20.4 Å². The largest absolute Gasteiger partial charge is 0.497 e. The van der Waals surface area contributed by atoms with Crippen molar-refractivity contribution >= 4 is 16.3 Å². The first-order chi connectivity index (χ1) is 15.5. The first kappa shape index (κ1) is 21.4. The van der Waals surface area contributed by atoms with Crippen LogP contribution in [0, 0.1) is 0 Å². The molecule has 0 bridgehead atoms. The summed E-state index contributed by atoms with van der Waals surface area (Å²) < 4.78 is 23.7. The third kappa shape index (κ3) is 3.66. The Bertz CT molecular complexity index is 1370. The van der Waals surface area contributed by atoms with Gasteiger partial charge in [-0.25, -0.2) is 14.2 Å². The minimum absolute atomic E-state index is 0.173. The molecule has 11 heteroatoms. The van der Waals surface area contributed by atoms with Crippen LogP contribution in [0.1, 0.15) is 6.92 Å². The van der Waals surface area contributed by atoms with Crippen LogP contribution in [0.5, 0.6) is 23.0 Å². The molecule has 4 rings (SSSR count). The van der Waals surface area contributed by atoms with Gasteiger partial charge in [0, 0.05) is 5.56 Å². The number of hydrogen-bond donors (Lipinski definition) is 0. The molecule has 0 atom stereocenters. The third-order valence-corrected chi connectivity index (χ3v) is 5.60. The minimum atomic E-state index is -0.697. The summed E-state index contributed by atoms with van der Waals surface area (Å²) in [5, 5.41) is 4.85. The van der Waals surface area contributed by atoms with E-state index in [9.17, 15) is 9.59 Å². The molecule has 2 aromatic heterocycles. The fourth-order valence-electron chi connectivity index (χ4n) is 3.15. The average molecular weight is 456 g/mol. The zero-order valence-corrected chi connectivity index (χ0v) is 18.6. The Kier molecular flexibility index (Phi) is 5.82. The van der Waals surface area contributed by atoms with Gasteiger partial charge in [-0.15, -0.1) is 5.10 Å². The van der Waals surface area contributed by atoms with E-state index in [2.05, 4.69) is 10.1 Å². The molecule has 4 aromatic rings. The molecular weight excluding hydrogens is 436 g/mol. The number of ether oxygens (including phenoxy) is 4. The summed E-state index contributed by atoms with van der Waals surface area (Å²) in [4.78, 5) is 29.9.